The summed E-state index contributed by atoms with van der Waals surface area (Å²) in [5.41, 5.74) is 0.275. The Morgan fingerprint density at radius 1 is 0.938 bits per heavy atom. The van der Waals surface area contributed by atoms with Crippen LogP contribution in [0.1, 0.15) is 6.92 Å². The highest BCUT2D eigenvalue weighted by atomic mass is 32.2. The van der Waals surface area contributed by atoms with Crippen molar-refractivity contribution in [2.45, 2.75) is 11.8 Å². The van der Waals surface area contributed by atoms with Gasteiger partial charge < -0.3 is 19.3 Å². The van der Waals surface area contributed by atoms with E-state index < -0.39 is 22.7 Å². The molecule has 0 saturated carbocycles. The van der Waals surface area contributed by atoms with Gasteiger partial charge in [-0.2, -0.15) is 0 Å². The molecular weight excluding hydrogens is 434 g/mol. The summed E-state index contributed by atoms with van der Waals surface area (Å²) in [6.45, 7) is 2.86. The number of amides is 2. The van der Waals surface area contributed by atoms with Crippen LogP contribution in [0.15, 0.2) is 59.5 Å². The minimum Gasteiger partial charge on any atom is -0.495 e. The lowest BCUT2D eigenvalue weighted by atomic mass is 10.2. The molecule has 1 aliphatic rings. The summed E-state index contributed by atoms with van der Waals surface area (Å²) < 4.78 is 38.4. The summed E-state index contributed by atoms with van der Waals surface area (Å²) in [7, 11) is -2.58. The van der Waals surface area contributed by atoms with E-state index in [1.165, 1.54) is 24.1 Å². The lowest BCUT2D eigenvalue weighted by Crippen LogP contribution is -2.53. The average Bonchev–Trinajstić information content (AvgIpc) is 2.83. The molecule has 0 radical (unpaired) electrons. The van der Waals surface area contributed by atoms with Crippen LogP contribution in [0.2, 0.25) is 0 Å². The third kappa shape index (κ3) is 5.13. The van der Waals surface area contributed by atoms with Crippen LogP contribution in [0.25, 0.3) is 0 Å². The fourth-order valence-corrected chi connectivity index (χ4v) is 4.88. The Hall–Kier alpha value is -3.27. The summed E-state index contributed by atoms with van der Waals surface area (Å²) in [5, 5.41) is 0. The van der Waals surface area contributed by atoms with Crippen LogP contribution >= 0.6 is 0 Å². The molecular formula is C22H27N3O6S. The number of para-hydroxylation sites is 2. The van der Waals surface area contributed by atoms with Gasteiger partial charge in [0, 0.05) is 26.2 Å². The van der Waals surface area contributed by atoms with Gasteiger partial charge in [0.1, 0.15) is 12.3 Å². The van der Waals surface area contributed by atoms with Crippen molar-refractivity contribution < 1.29 is 27.5 Å². The lowest BCUT2D eigenvalue weighted by Gasteiger charge is -2.35. The Bertz CT molecular complexity index is 1040. The molecule has 9 nitrogen and oxygen atoms in total. The molecule has 1 aliphatic heterocycles. The monoisotopic (exact) mass is 461 g/mol. The molecule has 0 aromatic heterocycles. The molecule has 3 rings (SSSR count). The largest absolute Gasteiger partial charge is 0.495 e. The number of rotatable bonds is 7. The predicted octanol–water partition coefficient (Wildman–Crippen LogP) is 2.19. The Morgan fingerprint density at radius 2 is 1.53 bits per heavy atom. The van der Waals surface area contributed by atoms with Crippen LogP contribution in [0.4, 0.5) is 10.5 Å². The lowest BCUT2D eigenvalue weighted by molar-refractivity contribution is -0.131. The van der Waals surface area contributed by atoms with E-state index in [1.54, 1.807) is 54.3 Å². The maximum absolute atomic E-state index is 13.5. The number of hydrogen-bond donors (Lipinski definition) is 0. The fraction of sp³-hybridized carbons (Fsp3) is 0.364. The maximum Gasteiger partial charge on any atom is 0.409 e. The van der Waals surface area contributed by atoms with Crippen LogP contribution in [-0.2, 0) is 19.6 Å². The highest BCUT2D eigenvalue weighted by Crippen LogP contribution is 2.32. The molecule has 10 heteroatoms. The molecule has 0 spiro atoms. The second-order valence-electron chi connectivity index (χ2n) is 7.06. The minimum atomic E-state index is -4.03. The first kappa shape index (κ1) is 23.4. The molecule has 2 aromatic rings. The van der Waals surface area contributed by atoms with E-state index >= 15 is 0 Å². The first-order chi connectivity index (χ1) is 15.4. The third-order valence-corrected chi connectivity index (χ3v) is 6.90. The summed E-state index contributed by atoms with van der Waals surface area (Å²) in [5.74, 6) is -0.0224. The van der Waals surface area contributed by atoms with E-state index in [-0.39, 0.29) is 23.1 Å². The number of ether oxygens (including phenoxy) is 2. The van der Waals surface area contributed by atoms with E-state index in [4.69, 9.17) is 9.47 Å². The highest BCUT2D eigenvalue weighted by molar-refractivity contribution is 7.92. The highest BCUT2D eigenvalue weighted by Gasteiger charge is 2.32. The van der Waals surface area contributed by atoms with Crippen LogP contribution in [0.5, 0.6) is 5.75 Å². The van der Waals surface area contributed by atoms with Crippen molar-refractivity contribution in [3.8, 4) is 5.75 Å². The zero-order valence-electron chi connectivity index (χ0n) is 18.1. The molecule has 1 heterocycles. The average molecular weight is 462 g/mol. The second kappa shape index (κ2) is 10.4. The Morgan fingerprint density at radius 3 is 2.16 bits per heavy atom. The number of sulfonamides is 1. The molecule has 0 unspecified atom stereocenters. The number of methoxy groups -OCH3 is 1. The summed E-state index contributed by atoms with van der Waals surface area (Å²) in [6, 6.07) is 14.6. The molecule has 0 aliphatic carbocycles. The SMILES string of the molecule is CCOC(=O)N1CCN(C(=O)CN(c2ccccc2OC)S(=O)(=O)c2ccccc2)CC1. The topological polar surface area (TPSA) is 96.5 Å². The number of anilines is 1. The van der Waals surface area contributed by atoms with Gasteiger partial charge in [-0.15, -0.1) is 0 Å². The van der Waals surface area contributed by atoms with Crippen molar-refractivity contribution in [3.63, 3.8) is 0 Å². The van der Waals surface area contributed by atoms with Gasteiger partial charge in [0.15, 0.2) is 0 Å². The third-order valence-electron chi connectivity index (χ3n) is 5.12. The summed E-state index contributed by atoms with van der Waals surface area (Å²) in [4.78, 5) is 28.2. The Kier molecular flexibility index (Phi) is 7.57. The Balaban J connectivity index is 1.84. The van der Waals surface area contributed by atoms with Crippen molar-refractivity contribution in [1.82, 2.24) is 9.80 Å². The smallest absolute Gasteiger partial charge is 0.409 e. The number of benzene rings is 2. The van der Waals surface area contributed by atoms with Crippen LogP contribution in [0.3, 0.4) is 0 Å². The number of hydrogen-bond acceptors (Lipinski definition) is 6. The molecule has 1 saturated heterocycles. The van der Waals surface area contributed by atoms with Crippen molar-refractivity contribution in [1.29, 1.82) is 0 Å². The van der Waals surface area contributed by atoms with Crippen molar-refractivity contribution in [2.24, 2.45) is 0 Å². The Labute approximate surface area is 188 Å². The first-order valence-electron chi connectivity index (χ1n) is 10.3. The van der Waals surface area contributed by atoms with Crippen LogP contribution in [0, 0.1) is 0 Å². The van der Waals surface area contributed by atoms with Gasteiger partial charge in [-0.25, -0.2) is 13.2 Å². The van der Waals surface area contributed by atoms with E-state index in [1.807, 2.05) is 0 Å². The summed E-state index contributed by atoms with van der Waals surface area (Å²) >= 11 is 0. The number of carbonyl (C=O) groups is 2. The molecule has 0 bridgehead atoms. The van der Waals surface area contributed by atoms with Gasteiger partial charge in [0.05, 0.1) is 24.3 Å². The molecule has 32 heavy (non-hydrogen) atoms. The van der Waals surface area contributed by atoms with Crippen molar-refractivity contribution in [2.75, 3.05) is 50.7 Å². The van der Waals surface area contributed by atoms with Gasteiger partial charge >= 0.3 is 6.09 Å². The number of piperazine rings is 1. The van der Waals surface area contributed by atoms with Crippen molar-refractivity contribution in [3.05, 3.63) is 54.6 Å². The summed E-state index contributed by atoms with van der Waals surface area (Å²) in [6.07, 6.45) is -0.415. The first-order valence-corrected chi connectivity index (χ1v) is 11.7. The fourth-order valence-electron chi connectivity index (χ4n) is 3.43. The number of nitrogens with zero attached hydrogens (tertiary/aromatic N) is 3. The van der Waals surface area contributed by atoms with Crippen LogP contribution in [-0.4, -0.2) is 76.7 Å². The quantitative estimate of drug-likeness (QED) is 0.627. The van der Waals surface area contributed by atoms with Crippen molar-refractivity contribution >= 4 is 27.7 Å². The van der Waals surface area contributed by atoms with Crippen LogP contribution < -0.4 is 9.04 Å². The predicted molar refractivity (Wildman–Crippen MR) is 119 cm³/mol. The second-order valence-corrected chi connectivity index (χ2v) is 8.93. The molecule has 1 fully saturated rings. The van der Waals surface area contributed by atoms with Gasteiger partial charge in [-0.1, -0.05) is 30.3 Å². The van der Waals surface area contributed by atoms with E-state index in [0.29, 0.717) is 31.9 Å². The standard InChI is InChI=1S/C22H27N3O6S/c1-3-31-22(27)24-15-13-23(14-16-24)21(26)17-25(19-11-7-8-12-20(19)30-2)32(28,29)18-9-5-4-6-10-18/h4-12H,3,13-17H2,1-2H3. The number of carbonyl (C=O) groups excluding carboxylic acids is 2. The molecule has 0 atom stereocenters. The molecule has 2 aromatic carbocycles. The molecule has 172 valence electrons. The van der Waals surface area contributed by atoms with Gasteiger partial charge in [-0.3, -0.25) is 9.10 Å². The molecule has 2 amide bonds. The van der Waals surface area contributed by atoms with E-state index in [0.717, 1.165) is 4.31 Å². The zero-order valence-corrected chi connectivity index (χ0v) is 19.0. The zero-order chi connectivity index (χ0) is 23.1. The van der Waals surface area contributed by atoms with Gasteiger partial charge in [0.25, 0.3) is 10.0 Å². The molecule has 0 N–H and O–H groups in total. The van der Waals surface area contributed by atoms with Gasteiger partial charge in [-0.05, 0) is 31.2 Å². The maximum atomic E-state index is 13.5. The van der Waals surface area contributed by atoms with E-state index in [2.05, 4.69) is 0 Å². The normalized spacial score (nSPS) is 14.1. The van der Waals surface area contributed by atoms with Gasteiger partial charge in [0.2, 0.25) is 5.91 Å². The van der Waals surface area contributed by atoms with E-state index in [9.17, 15) is 18.0 Å². The minimum absolute atomic E-state index is 0.0748.